The first-order valence-corrected chi connectivity index (χ1v) is 13.0. The molecule has 3 N–H and O–H groups in total. The van der Waals surface area contributed by atoms with Crippen molar-refractivity contribution in [1.29, 1.82) is 0 Å². The van der Waals surface area contributed by atoms with Crippen molar-refractivity contribution >= 4 is 45.6 Å². The average Bonchev–Trinajstić information content (AvgIpc) is 2.92. The van der Waals surface area contributed by atoms with Gasteiger partial charge in [0.1, 0.15) is 0 Å². The summed E-state index contributed by atoms with van der Waals surface area (Å²) in [7, 11) is 0. The number of rotatable bonds is 10. The van der Waals surface area contributed by atoms with E-state index in [-0.39, 0.29) is 24.7 Å². The van der Waals surface area contributed by atoms with Crippen LogP contribution in [0.5, 0.6) is 11.5 Å². The van der Waals surface area contributed by atoms with Gasteiger partial charge >= 0.3 is 18.0 Å². The minimum atomic E-state index is -4.64. The van der Waals surface area contributed by atoms with E-state index in [0.717, 1.165) is 23.3 Å². The fourth-order valence-electron chi connectivity index (χ4n) is 3.41. The number of nitrogens with one attached hydrogen (secondary N) is 3. The van der Waals surface area contributed by atoms with Gasteiger partial charge in [0.2, 0.25) is 0 Å². The third-order valence-electron chi connectivity index (χ3n) is 5.35. The standard InChI is InChI=1S/C28H26BrF3N4O5/c1-3-40-23-13-19(15-34-36-27(39)26(38)33-14-18-10-8-17(2)9-11-18)12-21(29)25(23)41-16-24(37)35-22-7-5-4-6-20(22)28(30,31)32/h4-13,15H,3,14,16H2,1-2H3,(H,33,38)(H,35,37)(H,36,39)/b34-15-. The fourth-order valence-corrected chi connectivity index (χ4v) is 3.99. The minimum Gasteiger partial charge on any atom is -0.490 e. The second-order valence-corrected chi connectivity index (χ2v) is 9.36. The summed E-state index contributed by atoms with van der Waals surface area (Å²) in [5, 5.41) is 8.50. The minimum absolute atomic E-state index is 0.128. The molecule has 0 atom stereocenters. The quantitative estimate of drug-likeness (QED) is 0.166. The number of aryl methyl sites for hydroxylation is 1. The first-order valence-electron chi connectivity index (χ1n) is 12.2. The maximum atomic E-state index is 13.2. The molecule has 41 heavy (non-hydrogen) atoms. The van der Waals surface area contributed by atoms with Crippen LogP contribution in [0.3, 0.4) is 0 Å². The number of ether oxygens (including phenoxy) is 2. The van der Waals surface area contributed by atoms with E-state index < -0.39 is 41.8 Å². The third-order valence-corrected chi connectivity index (χ3v) is 5.93. The SMILES string of the molecule is CCOc1cc(/C=N\NC(=O)C(=O)NCc2ccc(C)cc2)cc(Br)c1OCC(=O)Nc1ccccc1C(F)(F)F. The number of para-hydroxylation sites is 1. The van der Waals surface area contributed by atoms with E-state index in [4.69, 9.17) is 9.47 Å². The molecule has 3 aromatic carbocycles. The normalized spacial score (nSPS) is 11.2. The molecule has 0 unspecified atom stereocenters. The highest BCUT2D eigenvalue weighted by molar-refractivity contribution is 9.10. The van der Waals surface area contributed by atoms with Crippen LogP contribution in [0, 0.1) is 6.92 Å². The molecule has 9 nitrogen and oxygen atoms in total. The molecule has 0 fully saturated rings. The van der Waals surface area contributed by atoms with Crippen molar-refractivity contribution in [1.82, 2.24) is 10.7 Å². The summed E-state index contributed by atoms with van der Waals surface area (Å²) in [5.74, 6) is -2.31. The summed E-state index contributed by atoms with van der Waals surface area (Å²) in [6.07, 6.45) is -3.37. The molecule has 0 aliphatic heterocycles. The zero-order chi connectivity index (χ0) is 30.0. The number of anilines is 1. The second-order valence-electron chi connectivity index (χ2n) is 8.51. The number of carbonyl (C=O) groups excluding carboxylic acids is 3. The first kappa shape index (κ1) is 31.1. The van der Waals surface area contributed by atoms with Crippen molar-refractivity contribution in [2.24, 2.45) is 5.10 Å². The van der Waals surface area contributed by atoms with Crippen LogP contribution in [-0.4, -0.2) is 37.1 Å². The summed E-state index contributed by atoms with van der Waals surface area (Å²) in [5.41, 5.74) is 3.11. The zero-order valence-electron chi connectivity index (χ0n) is 22.0. The topological polar surface area (TPSA) is 118 Å². The lowest BCUT2D eigenvalue weighted by molar-refractivity contribution is -0.139. The molecule has 3 aromatic rings. The number of halogens is 4. The molecule has 0 heterocycles. The van der Waals surface area contributed by atoms with E-state index in [1.807, 2.05) is 31.2 Å². The molecule has 216 valence electrons. The van der Waals surface area contributed by atoms with Gasteiger partial charge in [0, 0.05) is 6.54 Å². The lowest BCUT2D eigenvalue weighted by atomic mass is 10.1. The number of amides is 3. The molecule has 0 bridgehead atoms. The number of hydrazone groups is 1. The lowest BCUT2D eigenvalue weighted by Gasteiger charge is -2.16. The molecule has 3 rings (SSSR count). The summed E-state index contributed by atoms with van der Waals surface area (Å²) >= 11 is 3.32. The summed E-state index contributed by atoms with van der Waals surface area (Å²) < 4.78 is 51.1. The van der Waals surface area contributed by atoms with Crippen LogP contribution in [-0.2, 0) is 27.1 Å². The van der Waals surface area contributed by atoms with Gasteiger partial charge < -0.3 is 20.1 Å². The average molecular weight is 635 g/mol. The Morgan fingerprint density at radius 2 is 1.71 bits per heavy atom. The van der Waals surface area contributed by atoms with E-state index in [9.17, 15) is 27.6 Å². The van der Waals surface area contributed by atoms with Crippen molar-refractivity contribution in [3.63, 3.8) is 0 Å². The molecule has 0 spiro atoms. The molecular formula is C28H26BrF3N4O5. The van der Waals surface area contributed by atoms with Gasteiger partial charge in [-0.2, -0.15) is 18.3 Å². The van der Waals surface area contributed by atoms with Gasteiger partial charge in [-0.3, -0.25) is 14.4 Å². The van der Waals surface area contributed by atoms with Crippen LogP contribution in [0.4, 0.5) is 18.9 Å². The predicted molar refractivity (Wildman–Crippen MR) is 150 cm³/mol. The van der Waals surface area contributed by atoms with Crippen molar-refractivity contribution in [2.75, 3.05) is 18.5 Å². The maximum absolute atomic E-state index is 13.2. The number of hydrogen-bond donors (Lipinski definition) is 3. The van der Waals surface area contributed by atoms with Gasteiger partial charge in [-0.25, -0.2) is 5.43 Å². The zero-order valence-corrected chi connectivity index (χ0v) is 23.6. The molecular weight excluding hydrogens is 609 g/mol. The van der Waals surface area contributed by atoms with Crippen LogP contribution in [0.15, 0.2) is 70.2 Å². The third kappa shape index (κ3) is 9.34. The Bertz CT molecular complexity index is 1430. The molecule has 3 amide bonds. The van der Waals surface area contributed by atoms with Crippen LogP contribution >= 0.6 is 15.9 Å². The lowest BCUT2D eigenvalue weighted by Crippen LogP contribution is -2.37. The van der Waals surface area contributed by atoms with Gasteiger partial charge in [-0.15, -0.1) is 0 Å². The van der Waals surface area contributed by atoms with Gasteiger partial charge in [-0.05, 0) is 65.2 Å². The number of hydrogen-bond acceptors (Lipinski definition) is 6. The monoisotopic (exact) mass is 634 g/mol. The van der Waals surface area contributed by atoms with E-state index in [1.165, 1.54) is 24.4 Å². The Morgan fingerprint density at radius 1 is 1.00 bits per heavy atom. The summed E-state index contributed by atoms with van der Waals surface area (Å²) in [4.78, 5) is 36.5. The van der Waals surface area contributed by atoms with Gasteiger partial charge in [0.25, 0.3) is 5.91 Å². The van der Waals surface area contributed by atoms with E-state index >= 15 is 0 Å². The molecule has 13 heteroatoms. The highest BCUT2D eigenvalue weighted by Gasteiger charge is 2.33. The second kappa shape index (κ2) is 14.3. The largest absolute Gasteiger partial charge is 0.490 e. The van der Waals surface area contributed by atoms with E-state index in [2.05, 4.69) is 37.1 Å². The van der Waals surface area contributed by atoms with Crippen molar-refractivity contribution in [3.8, 4) is 11.5 Å². The summed E-state index contributed by atoms with van der Waals surface area (Å²) in [6, 6.07) is 15.1. The Labute approximate surface area is 242 Å². The van der Waals surface area contributed by atoms with Crippen molar-refractivity contribution in [3.05, 3.63) is 87.4 Å². The van der Waals surface area contributed by atoms with Crippen molar-refractivity contribution < 1.29 is 37.0 Å². The van der Waals surface area contributed by atoms with Crippen LogP contribution in [0.2, 0.25) is 0 Å². The van der Waals surface area contributed by atoms with Gasteiger partial charge in [0.15, 0.2) is 18.1 Å². The summed E-state index contributed by atoms with van der Waals surface area (Å²) in [6.45, 7) is 3.46. The van der Waals surface area contributed by atoms with Crippen LogP contribution in [0.25, 0.3) is 0 Å². The van der Waals surface area contributed by atoms with Crippen LogP contribution in [0.1, 0.15) is 29.2 Å². The highest BCUT2D eigenvalue weighted by Crippen LogP contribution is 2.37. The van der Waals surface area contributed by atoms with Gasteiger partial charge in [-0.1, -0.05) is 42.0 Å². The Balaban J connectivity index is 1.60. The van der Waals surface area contributed by atoms with E-state index in [1.54, 1.807) is 13.0 Å². The van der Waals surface area contributed by atoms with E-state index in [0.29, 0.717) is 10.0 Å². The maximum Gasteiger partial charge on any atom is 0.418 e. The van der Waals surface area contributed by atoms with Crippen LogP contribution < -0.4 is 25.5 Å². The fraction of sp³-hybridized carbons (Fsp3) is 0.214. The Kier molecular flexibility index (Phi) is 10.9. The molecule has 0 aliphatic rings. The number of benzene rings is 3. The number of alkyl halides is 3. The molecule has 0 aromatic heterocycles. The molecule has 0 saturated carbocycles. The van der Waals surface area contributed by atoms with Gasteiger partial charge in [0.05, 0.1) is 28.5 Å². The Morgan fingerprint density at radius 3 is 2.39 bits per heavy atom. The Hall–Kier alpha value is -4.39. The van der Waals surface area contributed by atoms with Crippen molar-refractivity contribution in [2.45, 2.75) is 26.6 Å². The smallest absolute Gasteiger partial charge is 0.418 e. The highest BCUT2D eigenvalue weighted by atomic mass is 79.9. The molecule has 0 aliphatic carbocycles. The predicted octanol–water partition coefficient (Wildman–Crippen LogP) is 4.96. The number of nitrogens with zero attached hydrogens (tertiary/aromatic N) is 1. The first-order chi connectivity index (χ1) is 19.5. The molecule has 0 saturated heterocycles. The molecule has 0 radical (unpaired) electrons. The number of carbonyl (C=O) groups is 3.